The van der Waals surface area contributed by atoms with E-state index in [2.05, 4.69) is 5.32 Å². The predicted molar refractivity (Wildman–Crippen MR) is 58.4 cm³/mol. The first-order chi connectivity index (χ1) is 8.20. The van der Waals surface area contributed by atoms with Gasteiger partial charge < -0.3 is 5.32 Å². The largest absolute Gasteiger partial charge is 0.351 e. The lowest BCUT2D eigenvalue weighted by Crippen LogP contribution is -2.29. The van der Waals surface area contributed by atoms with Crippen molar-refractivity contribution in [1.82, 2.24) is 5.32 Å². The van der Waals surface area contributed by atoms with E-state index in [0.29, 0.717) is 12.1 Å². The van der Waals surface area contributed by atoms with Gasteiger partial charge in [-0.2, -0.15) is 0 Å². The zero-order chi connectivity index (χ0) is 13.9. The molecule has 0 aliphatic heterocycles. The van der Waals surface area contributed by atoms with Crippen molar-refractivity contribution in [3.8, 4) is 0 Å². The molecule has 0 saturated heterocycles. The number of hydrogen-bond donors (Lipinski definition) is 1. The summed E-state index contributed by atoms with van der Waals surface area (Å²) in [6, 6.07) is 1.07. The monoisotopic (exact) mass is 281 g/mol. The van der Waals surface area contributed by atoms with Crippen molar-refractivity contribution < 1.29 is 26.4 Å². The van der Waals surface area contributed by atoms with Crippen molar-refractivity contribution in [3.63, 3.8) is 0 Å². The molecule has 0 bridgehead atoms. The Labute approximate surface area is 102 Å². The number of rotatable bonds is 4. The van der Waals surface area contributed by atoms with E-state index in [9.17, 15) is 26.4 Å². The number of carbonyl (C=O) groups excluding carboxylic acids is 1. The first-order valence-electron chi connectivity index (χ1n) is 4.81. The molecule has 0 unspecified atom stereocenters. The van der Waals surface area contributed by atoms with Crippen molar-refractivity contribution in [1.29, 1.82) is 0 Å². The molecule has 8 heteroatoms. The maximum absolute atomic E-state index is 12.8. The molecule has 0 aliphatic rings. The molecule has 18 heavy (non-hydrogen) atoms. The summed E-state index contributed by atoms with van der Waals surface area (Å²) < 4.78 is 59.8. The summed E-state index contributed by atoms with van der Waals surface area (Å²) in [4.78, 5) is 11.4. The standard InChI is InChI=1S/C10H10F3NO3S/c1-18(16,17)3-2-14-10(15)6-4-7(11)9(13)8(12)5-6/h4-5H,2-3H2,1H3,(H,14,15). The summed E-state index contributed by atoms with van der Waals surface area (Å²) >= 11 is 0. The van der Waals surface area contributed by atoms with Gasteiger partial charge in [0.2, 0.25) is 0 Å². The summed E-state index contributed by atoms with van der Waals surface area (Å²) in [7, 11) is -3.25. The fourth-order valence-electron chi connectivity index (χ4n) is 1.14. The Balaban J connectivity index is 2.74. The van der Waals surface area contributed by atoms with Crippen LogP contribution in [0.25, 0.3) is 0 Å². The molecule has 0 heterocycles. The van der Waals surface area contributed by atoms with Gasteiger partial charge >= 0.3 is 0 Å². The van der Waals surface area contributed by atoms with Gasteiger partial charge in [0.1, 0.15) is 9.84 Å². The second-order valence-corrected chi connectivity index (χ2v) is 5.90. The predicted octanol–water partition coefficient (Wildman–Crippen LogP) is 0.878. The van der Waals surface area contributed by atoms with Crippen LogP contribution >= 0.6 is 0 Å². The number of sulfone groups is 1. The summed E-state index contributed by atoms with van der Waals surface area (Å²) in [5.74, 6) is -5.81. The lowest BCUT2D eigenvalue weighted by atomic mass is 10.2. The molecule has 1 aromatic carbocycles. The molecule has 1 aromatic rings. The molecule has 0 saturated carbocycles. The van der Waals surface area contributed by atoms with Crippen molar-refractivity contribution in [2.45, 2.75) is 0 Å². The lowest BCUT2D eigenvalue weighted by Gasteiger charge is -2.05. The van der Waals surface area contributed by atoms with E-state index in [1.807, 2.05) is 0 Å². The van der Waals surface area contributed by atoms with E-state index < -0.39 is 38.8 Å². The molecule has 0 aliphatic carbocycles. The van der Waals surface area contributed by atoms with E-state index in [0.717, 1.165) is 6.26 Å². The molecule has 0 radical (unpaired) electrons. The second kappa shape index (κ2) is 5.38. The van der Waals surface area contributed by atoms with E-state index in [4.69, 9.17) is 0 Å². The van der Waals surface area contributed by atoms with Gasteiger partial charge in [-0.1, -0.05) is 0 Å². The first kappa shape index (κ1) is 14.5. The number of amides is 1. The maximum atomic E-state index is 12.8. The van der Waals surface area contributed by atoms with Gasteiger partial charge in [0.25, 0.3) is 5.91 Å². The minimum absolute atomic E-state index is 0.196. The molecule has 1 N–H and O–H groups in total. The highest BCUT2D eigenvalue weighted by molar-refractivity contribution is 7.90. The summed E-state index contributed by atoms with van der Waals surface area (Å²) in [6.07, 6.45) is 0.983. The Kier molecular flexibility index (Phi) is 4.33. The van der Waals surface area contributed by atoms with Crippen LogP contribution < -0.4 is 5.32 Å². The van der Waals surface area contributed by atoms with Gasteiger partial charge in [0.15, 0.2) is 17.5 Å². The third-order valence-corrected chi connectivity index (χ3v) is 2.95. The van der Waals surface area contributed by atoms with Gasteiger partial charge in [-0.05, 0) is 12.1 Å². The van der Waals surface area contributed by atoms with Gasteiger partial charge in [-0.15, -0.1) is 0 Å². The van der Waals surface area contributed by atoms with Crippen LogP contribution in [0.15, 0.2) is 12.1 Å². The van der Waals surface area contributed by atoms with Crippen LogP contribution in [0.1, 0.15) is 10.4 Å². The Morgan fingerprint density at radius 3 is 2.17 bits per heavy atom. The summed E-state index contributed by atoms with van der Waals surface area (Å²) in [5.41, 5.74) is -0.417. The zero-order valence-corrected chi connectivity index (χ0v) is 10.2. The first-order valence-corrected chi connectivity index (χ1v) is 6.87. The maximum Gasteiger partial charge on any atom is 0.251 e. The van der Waals surface area contributed by atoms with E-state index >= 15 is 0 Å². The highest BCUT2D eigenvalue weighted by atomic mass is 32.2. The molecule has 0 aromatic heterocycles. The fourth-order valence-corrected chi connectivity index (χ4v) is 1.61. The van der Waals surface area contributed by atoms with Crippen molar-refractivity contribution in [2.75, 3.05) is 18.6 Å². The quantitative estimate of drug-likeness (QED) is 0.833. The van der Waals surface area contributed by atoms with Gasteiger partial charge in [-0.3, -0.25) is 4.79 Å². The lowest BCUT2D eigenvalue weighted by molar-refractivity contribution is 0.0955. The minimum atomic E-state index is -3.25. The Morgan fingerprint density at radius 2 is 1.72 bits per heavy atom. The number of hydrogen-bond acceptors (Lipinski definition) is 3. The smallest absolute Gasteiger partial charge is 0.251 e. The Morgan fingerprint density at radius 1 is 1.22 bits per heavy atom. The van der Waals surface area contributed by atoms with Gasteiger partial charge in [0, 0.05) is 18.4 Å². The number of benzene rings is 1. The van der Waals surface area contributed by atoms with Crippen LogP contribution in [0, 0.1) is 17.5 Å². The summed E-state index contributed by atoms with van der Waals surface area (Å²) in [5, 5.41) is 2.16. The van der Waals surface area contributed by atoms with E-state index in [1.165, 1.54) is 0 Å². The highest BCUT2D eigenvalue weighted by Crippen LogP contribution is 2.13. The molecule has 100 valence electrons. The SMILES string of the molecule is CS(=O)(=O)CCNC(=O)c1cc(F)c(F)c(F)c1. The third-order valence-electron chi connectivity index (χ3n) is 2.00. The average Bonchev–Trinajstić information content (AvgIpc) is 2.23. The average molecular weight is 281 g/mol. The topological polar surface area (TPSA) is 63.2 Å². The van der Waals surface area contributed by atoms with Crippen LogP contribution in [0.3, 0.4) is 0 Å². The molecule has 0 fully saturated rings. The van der Waals surface area contributed by atoms with Crippen LogP contribution in [-0.2, 0) is 9.84 Å². The molecule has 1 rings (SSSR count). The fraction of sp³-hybridized carbons (Fsp3) is 0.300. The Hall–Kier alpha value is -1.57. The molecule has 0 atom stereocenters. The number of carbonyl (C=O) groups is 1. The van der Waals surface area contributed by atoms with E-state index in [1.54, 1.807) is 0 Å². The highest BCUT2D eigenvalue weighted by Gasteiger charge is 2.15. The van der Waals surface area contributed by atoms with Gasteiger partial charge in [-0.25, -0.2) is 21.6 Å². The summed E-state index contributed by atoms with van der Waals surface area (Å²) in [6.45, 7) is -0.196. The van der Waals surface area contributed by atoms with Crippen molar-refractivity contribution >= 4 is 15.7 Å². The molecule has 0 spiro atoms. The van der Waals surface area contributed by atoms with Crippen molar-refractivity contribution in [3.05, 3.63) is 35.1 Å². The van der Waals surface area contributed by atoms with Crippen LogP contribution in [-0.4, -0.2) is 32.9 Å². The molecular formula is C10H10F3NO3S. The number of halogens is 3. The minimum Gasteiger partial charge on any atom is -0.351 e. The third kappa shape index (κ3) is 4.02. The normalized spacial score (nSPS) is 11.3. The Bertz CT molecular complexity index is 549. The van der Waals surface area contributed by atoms with Crippen molar-refractivity contribution in [2.24, 2.45) is 0 Å². The molecular weight excluding hydrogens is 271 g/mol. The van der Waals surface area contributed by atoms with Crippen LogP contribution in [0.2, 0.25) is 0 Å². The van der Waals surface area contributed by atoms with Crippen LogP contribution in [0.4, 0.5) is 13.2 Å². The molecule has 1 amide bonds. The van der Waals surface area contributed by atoms with E-state index in [-0.39, 0.29) is 12.3 Å². The van der Waals surface area contributed by atoms with Gasteiger partial charge in [0.05, 0.1) is 5.75 Å². The molecule has 4 nitrogen and oxygen atoms in total. The second-order valence-electron chi connectivity index (χ2n) is 3.64. The number of nitrogens with one attached hydrogen (secondary N) is 1. The zero-order valence-electron chi connectivity index (χ0n) is 9.34. The van der Waals surface area contributed by atoms with Crippen LogP contribution in [0.5, 0.6) is 0 Å².